The fourth-order valence-corrected chi connectivity index (χ4v) is 3.83. The van der Waals surface area contributed by atoms with Crippen LogP contribution in [0.2, 0.25) is 0 Å². The zero-order valence-electron chi connectivity index (χ0n) is 8.51. The van der Waals surface area contributed by atoms with E-state index in [0.717, 1.165) is 0 Å². The maximum atomic E-state index is 12.0. The third-order valence-electron chi connectivity index (χ3n) is 2.61. The maximum absolute atomic E-state index is 12.0. The summed E-state index contributed by atoms with van der Waals surface area (Å²) >= 11 is 0. The molecule has 0 bridgehead atoms. The molecule has 1 heterocycles. The minimum absolute atomic E-state index is 0.0747. The van der Waals surface area contributed by atoms with Crippen LogP contribution in [0.4, 0.5) is 0 Å². The highest BCUT2D eigenvalue weighted by Crippen LogP contribution is 2.40. The molecule has 0 saturated heterocycles. The number of fused-ring (bicyclic) bond motifs is 1. The van der Waals surface area contributed by atoms with Crippen molar-refractivity contribution in [2.24, 2.45) is 5.73 Å². The van der Waals surface area contributed by atoms with Gasteiger partial charge in [-0.2, -0.15) is 0 Å². The van der Waals surface area contributed by atoms with Crippen LogP contribution in [0.3, 0.4) is 0 Å². The lowest BCUT2D eigenvalue weighted by molar-refractivity contribution is -0.119. The smallest absolute Gasteiger partial charge is 0.239 e. The van der Waals surface area contributed by atoms with E-state index >= 15 is 0 Å². The number of methoxy groups -OCH3 is 1. The Labute approximate surface area is 93.1 Å². The fraction of sp³-hybridized carbons (Fsp3) is 0.300. The Hall–Kier alpha value is -1.40. The second-order valence-corrected chi connectivity index (χ2v) is 5.53. The molecule has 0 fully saturated rings. The third-order valence-corrected chi connectivity index (χ3v) is 4.73. The summed E-state index contributed by atoms with van der Waals surface area (Å²) in [6.07, 6.45) is -0.827. The van der Waals surface area contributed by atoms with Gasteiger partial charge in [-0.15, -0.1) is 0 Å². The predicted molar refractivity (Wildman–Crippen MR) is 55.2 cm³/mol. The Bertz CT molecular complexity index is 538. The van der Waals surface area contributed by atoms with Crippen molar-refractivity contribution in [3.05, 3.63) is 29.8 Å². The van der Waals surface area contributed by atoms with Crippen LogP contribution < -0.4 is 5.73 Å². The molecule has 0 aromatic heterocycles. The van der Waals surface area contributed by atoms with Gasteiger partial charge in [0.05, 0.1) is 4.90 Å². The van der Waals surface area contributed by atoms with Gasteiger partial charge in [0.1, 0.15) is 6.10 Å². The van der Waals surface area contributed by atoms with Gasteiger partial charge >= 0.3 is 0 Å². The molecule has 1 aromatic carbocycles. The molecule has 1 amide bonds. The number of amides is 1. The molecule has 0 spiro atoms. The normalized spacial score (nSPS) is 26.3. The topological polar surface area (TPSA) is 86.5 Å². The second kappa shape index (κ2) is 3.57. The van der Waals surface area contributed by atoms with E-state index in [2.05, 4.69) is 6.07 Å². The molecule has 2 unspecified atom stereocenters. The Morgan fingerprint density at radius 2 is 2.25 bits per heavy atom. The number of nitrogens with two attached hydrogens (primary N) is 1. The maximum Gasteiger partial charge on any atom is 0.239 e. The largest absolute Gasteiger partial charge is 0.375 e. The number of hydrogen-bond donors (Lipinski definition) is 1. The summed E-state index contributed by atoms with van der Waals surface area (Å²) in [5, 5.41) is -1.34. The van der Waals surface area contributed by atoms with Gasteiger partial charge in [-0.05, 0) is 12.1 Å². The number of carbonyl (C=O) groups excluding carboxylic acids is 1. The van der Waals surface area contributed by atoms with E-state index in [-0.39, 0.29) is 4.90 Å². The van der Waals surface area contributed by atoms with Crippen LogP contribution in [0.5, 0.6) is 0 Å². The lowest BCUT2D eigenvalue weighted by atomic mass is 10.1. The first-order valence-electron chi connectivity index (χ1n) is 4.56. The van der Waals surface area contributed by atoms with Crippen LogP contribution >= 0.6 is 0 Å². The number of benzene rings is 1. The zero-order valence-corrected chi connectivity index (χ0v) is 9.32. The van der Waals surface area contributed by atoms with Gasteiger partial charge in [-0.1, -0.05) is 12.1 Å². The Morgan fingerprint density at radius 1 is 1.56 bits per heavy atom. The van der Waals surface area contributed by atoms with E-state index < -0.39 is 27.1 Å². The Balaban J connectivity index is 2.69. The quantitative estimate of drug-likeness (QED) is 0.776. The summed E-state index contributed by atoms with van der Waals surface area (Å²) in [4.78, 5) is 11.3. The Morgan fingerprint density at radius 3 is 2.81 bits per heavy atom. The summed E-state index contributed by atoms with van der Waals surface area (Å²) in [6, 6.07) is 7.15. The Kier molecular flexibility index (Phi) is 2.47. The van der Waals surface area contributed by atoms with Crippen molar-refractivity contribution in [1.29, 1.82) is 0 Å². The molecule has 0 aliphatic carbocycles. The number of primary amides is 1. The number of rotatable bonds is 2. The number of hydrogen-bond acceptors (Lipinski definition) is 4. The van der Waals surface area contributed by atoms with Gasteiger partial charge in [0.15, 0.2) is 15.1 Å². The van der Waals surface area contributed by atoms with Gasteiger partial charge in [0, 0.05) is 12.7 Å². The molecule has 1 aliphatic rings. The summed E-state index contributed by atoms with van der Waals surface area (Å²) in [5.74, 6) is -0.900. The van der Waals surface area contributed by atoms with Gasteiger partial charge in [0.25, 0.3) is 0 Å². The van der Waals surface area contributed by atoms with Crippen molar-refractivity contribution in [3.8, 4) is 0 Å². The van der Waals surface area contributed by atoms with Gasteiger partial charge in [-0.25, -0.2) is 8.42 Å². The SMILES string of the molecule is COC1c2cc[c]cc2S(=O)(=O)C1C(N)=O. The van der Waals surface area contributed by atoms with Gasteiger partial charge < -0.3 is 10.5 Å². The van der Waals surface area contributed by atoms with Crippen molar-refractivity contribution in [2.75, 3.05) is 7.11 Å². The molecule has 1 radical (unpaired) electrons. The fourth-order valence-electron chi connectivity index (χ4n) is 1.92. The molecule has 5 nitrogen and oxygen atoms in total. The molecular weight excluding hydrogens is 230 g/mol. The van der Waals surface area contributed by atoms with Crippen molar-refractivity contribution in [1.82, 2.24) is 0 Å². The first-order chi connectivity index (χ1) is 7.50. The minimum Gasteiger partial charge on any atom is -0.375 e. The summed E-state index contributed by atoms with van der Waals surface area (Å²) < 4.78 is 29.0. The van der Waals surface area contributed by atoms with Crippen molar-refractivity contribution in [3.63, 3.8) is 0 Å². The van der Waals surface area contributed by atoms with E-state index in [4.69, 9.17) is 10.5 Å². The molecule has 85 valence electrons. The first-order valence-corrected chi connectivity index (χ1v) is 6.10. The minimum atomic E-state index is -3.74. The second-order valence-electron chi connectivity index (χ2n) is 3.49. The lowest BCUT2D eigenvalue weighted by Gasteiger charge is -2.13. The van der Waals surface area contributed by atoms with Crippen LogP contribution in [-0.2, 0) is 19.4 Å². The number of sulfone groups is 1. The van der Waals surface area contributed by atoms with Crippen LogP contribution in [0.15, 0.2) is 23.1 Å². The lowest BCUT2D eigenvalue weighted by Crippen LogP contribution is -2.36. The molecule has 2 atom stereocenters. The molecule has 2 N–H and O–H groups in total. The van der Waals surface area contributed by atoms with E-state index in [0.29, 0.717) is 5.56 Å². The molecule has 1 aromatic rings. The van der Waals surface area contributed by atoms with Crippen molar-refractivity contribution < 1.29 is 17.9 Å². The average Bonchev–Trinajstić information content (AvgIpc) is 2.47. The monoisotopic (exact) mass is 240 g/mol. The molecule has 6 heteroatoms. The molecule has 2 rings (SSSR count). The van der Waals surface area contributed by atoms with Crippen molar-refractivity contribution >= 4 is 15.7 Å². The highest BCUT2D eigenvalue weighted by Gasteiger charge is 2.48. The summed E-state index contributed by atoms with van der Waals surface area (Å²) in [5.41, 5.74) is 5.57. The number of ether oxygens (including phenoxy) is 1. The highest BCUT2D eigenvalue weighted by atomic mass is 32.2. The van der Waals surface area contributed by atoms with Crippen LogP contribution in [0.1, 0.15) is 11.7 Å². The third kappa shape index (κ3) is 1.34. The summed E-state index contributed by atoms with van der Waals surface area (Å²) in [6.45, 7) is 0. The van der Waals surface area contributed by atoms with Crippen LogP contribution in [0, 0.1) is 6.07 Å². The average molecular weight is 240 g/mol. The van der Waals surface area contributed by atoms with E-state index in [1.807, 2.05) is 0 Å². The molecular formula is C10H10NO4S. The standard InChI is InChI=1S/C10H10NO4S/c1-15-8-6-4-2-3-5-7(6)16(13,14)9(8)10(11)12/h2,4-5,8-9H,1H3,(H2,11,12). The molecule has 16 heavy (non-hydrogen) atoms. The predicted octanol–water partition coefficient (Wildman–Crippen LogP) is -0.185. The first kappa shape index (κ1) is 11.1. The van der Waals surface area contributed by atoms with Crippen molar-refractivity contribution in [2.45, 2.75) is 16.2 Å². The summed E-state index contributed by atoms with van der Waals surface area (Å²) in [7, 11) is -2.39. The van der Waals surface area contributed by atoms with E-state index in [9.17, 15) is 13.2 Å². The zero-order chi connectivity index (χ0) is 11.9. The van der Waals surface area contributed by atoms with E-state index in [1.54, 1.807) is 12.1 Å². The van der Waals surface area contributed by atoms with Gasteiger partial charge in [0.2, 0.25) is 5.91 Å². The van der Waals surface area contributed by atoms with Gasteiger partial charge in [-0.3, -0.25) is 4.79 Å². The highest BCUT2D eigenvalue weighted by molar-refractivity contribution is 7.93. The molecule has 0 saturated carbocycles. The van der Waals surface area contributed by atoms with Crippen LogP contribution in [-0.4, -0.2) is 26.7 Å². The molecule has 1 aliphatic heterocycles. The van der Waals surface area contributed by atoms with E-state index in [1.165, 1.54) is 13.2 Å². The van der Waals surface area contributed by atoms with Crippen LogP contribution in [0.25, 0.3) is 0 Å². The number of carbonyl (C=O) groups is 1.